The van der Waals surface area contributed by atoms with E-state index in [0.29, 0.717) is 12.0 Å². The Morgan fingerprint density at radius 3 is 2.64 bits per heavy atom. The second kappa shape index (κ2) is 12.1. The number of benzene rings is 2. The molecule has 5 rings (SSSR count). The molecule has 206 valence electrons. The number of thioether (sulfide) groups is 2. The van der Waals surface area contributed by atoms with Gasteiger partial charge in [0.25, 0.3) is 5.69 Å². The summed E-state index contributed by atoms with van der Waals surface area (Å²) in [6.07, 6.45) is 1.67. The van der Waals surface area contributed by atoms with Crippen LogP contribution in [0, 0.1) is 16.0 Å². The lowest BCUT2D eigenvalue weighted by Gasteiger charge is -2.44. The first kappa shape index (κ1) is 27.7. The van der Waals surface area contributed by atoms with Crippen molar-refractivity contribution in [2.45, 2.75) is 49.5 Å². The number of nitro benzene ring substituents is 1. The van der Waals surface area contributed by atoms with Crippen LogP contribution in [0.25, 0.3) is 0 Å². The first-order chi connectivity index (χ1) is 18.9. The molecule has 3 aliphatic rings. The number of carbonyl (C=O) groups excluding carboxylic acids is 2. The molecule has 3 aliphatic heterocycles. The van der Waals surface area contributed by atoms with Gasteiger partial charge >= 0.3 is 5.97 Å². The van der Waals surface area contributed by atoms with Crippen LogP contribution >= 0.6 is 23.5 Å². The third-order valence-electron chi connectivity index (χ3n) is 7.35. The summed E-state index contributed by atoms with van der Waals surface area (Å²) in [6, 6.07) is 16.2. The number of fused-ring (bicyclic) bond motifs is 1. The van der Waals surface area contributed by atoms with Crippen LogP contribution in [-0.2, 0) is 27.4 Å². The van der Waals surface area contributed by atoms with E-state index in [0.717, 1.165) is 36.7 Å². The Morgan fingerprint density at radius 1 is 1.21 bits per heavy atom. The van der Waals surface area contributed by atoms with Crippen LogP contribution < -0.4 is 0 Å². The van der Waals surface area contributed by atoms with Gasteiger partial charge in [-0.05, 0) is 49.1 Å². The SMILES string of the molecule is CC[C@H](O)[C@@H]1C(=O)N2C(C(=O)OCc3ccc([N+](=O)[O-])cc3)=C(S[C@H]3CCN(CCc4ccccc4)C3)S[C@H]12. The molecule has 3 heterocycles. The van der Waals surface area contributed by atoms with Crippen molar-refractivity contribution in [2.24, 2.45) is 5.92 Å². The van der Waals surface area contributed by atoms with Gasteiger partial charge in [0.2, 0.25) is 5.91 Å². The molecule has 9 nitrogen and oxygen atoms in total. The fourth-order valence-corrected chi connectivity index (χ4v) is 8.40. The predicted molar refractivity (Wildman–Crippen MR) is 151 cm³/mol. The molecule has 2 saturated heterocycles. The van der Waals surface area contributed by atoms with Gasteiger partial charge in [-0.3, -0.25) is 19.8 Å². The molecular weight excluding hydrogens is 538 g/mol. The van der Waals surface area contributed by atoms with Crippen LogP contribution in [0.15, 0.2) is 64.5 Å². The first-order valence-electron chi connectivity index (χ1n) is 13.1. The minimum atomic E-state index is -0.757. The van der Waals surface area contributed by atoms with E-state index in [1.807, 2.05) is 13.0 Å². The number of β-lactam (4-membered cyclic amide) rings is 1. The van der Waals surface area contributed by atoms with E-state index in [-0.39, 0.29) is 34.5 Å². The molecule has 1 N–H and O–H groups in total. The number of amides is 1. The van der Waals surface area contributed by atoms with E-state index in [1.54, 1.807) is 23.9 Å². The zero-order valence-corrected chi connectivity index (χ0v) is 23.2. The number of esters is 1. The molecule has 0 unspecified atom stereocenters. The second-order valence-corrected chi connectivity index (χ2v) is 12.6. The molecule has 0 aliphatic carbocycles. The normalized spacial score (nSPS) is 23.5. The summed E-state index contributed by atoms with van der Waals surface area (Å²) in [5.41, 5.74) is 2.14. The average molecular weight is 570 g/mol. The monoisotopic (exact) mass is 569 g/mol. The Kier molecular flexibility index (Phi) is 8.61. The Hall–Kier alpha value is -2.86. The number of ether oxygens (including phenoxy) is 1. The standard InChI is InChI=1S/C28H31N3O6S2/c1-2-22(32)23-25(33)30-24(27(34)37-17-19-8-10-20(11-9-19)31(35)36)28(39-26(23)30)38-21-13-15-29(16-21)14-12-18-6-4-3-5-7-18/h3-11,21-23,26,32H,2,12-17H2,1H3/t21-,22-,23+,26+/m0/s1. The summed E-state index contributed by atoms with van der Waals surface area (Å²) in [7, 11) is 0. The number of aliphatic hydroxyl groups excluding tert-OH is 1. The Morgan fingerprint density at radius 2 is 1.95 bits per heavy atom. The van der Waals surface area contributed by atoms with Gasteiger partial charge in [0.05, 0.1) is 21.2 Å². The summed E-state index contributed by atoms with van der Waals surface area (Å²) < 4.78 is 6.35. The largest absolute Gasteiger partial charge is 0.456 e. The van der Waals surface area contributed by atoms with E-state index in [4.69, 9.17) is 4.74 Å². The number of aliphatic hydroxyl groups is 1. The van der Waals surface area contributed by atoms with Gasteiger partial charge in [-0.2, -0.15) is 0 Å². The summed E-state index contributed by atoms with van der Waals surface area (Å²) in [5.74, 6) is -1.39. The van der Waals surface area contributed by atoms with Crippen molar-refractivity contribution in [2.75, 3.05) is 19.6 Å². The van der Waals surface area contributed by atoms with Gasteiger partial charge in [0.15, 0.2) is 5.70 Å². The summed E-state index contributed by atoms with van der Waals surface area (Å²) in [6.45, 7) is 4.62. The summed E-state index contributed by atoms with van der Waals surface area (Å²) in [4.78, 5) is 40.7. The van der Waals surface area contributed by atoms with E-state index < -0.39 is 22.9 Å². The second-order valence-electron chi connectivity index (χ2n) is 9.92. The third-order valence-corrected chi connectivity index (χ3v) is 10.2. The molecule has 2 aromatic carbocycles. The van der Waals surface area contributed by atoms with Crippen molar-refractivity contribution in [3.8, 4) is 0 Å². The summed E-state index contributed by atoms with van der Waals surface area (Å²) >= 11 is 3.09. The number of hydrogen-bond donors (Lipinski definition) is 1. The molecule has 11 heteroatoms. The highest BCUT2D eigenvalue weighted by molar-refractivity contribution is 8.23. The lowest BCUT2D eigenvalue weighted by molar-refractivity contribution is -0.384. The maximum atomic E-state index is 13.3. The van der Waals surface area contributed by atoms with Crippen molar-refractivity contribution in [1.82, 2.24) is 9.80 Å². The fourth-order valence-electron chi connectivity index (χ4n) is 5.10. The van der Waals surface area contributed by atoms with Gasteiger partial charge in [-0.25, -0.2) is 4.79 Å². The highest BCUT2D eigenvalue weighted by Gasteiger charge is 2.58. The molecule has 2 fully saturated rings. The van der Waals surface area contributed by atoms with E-state index in [9.17, 15) is 24.8 Å². The van der Waals surface area contributed by atoms with Crippen molar-refractivity contribution < 1.29 is 24.4 Å². The lowest BCUT2D eigenvalue weighted by atomic mass is 9.90. The number of non-ortho nitro benzene ring substituents is 1. The van der Waals surface area contributed by atoms with Crippen molar-refractivity contribution >= 4 is 41.1 Å². The first-order valence-corrected chi connectivity index (χ1v) is 14.9. The lowest BCUT2D eigenvalue weighted by Crippen LogP contribution is -2.61. The molecule has 0 aromatic heterocycles. The Balaban J connectivity index is 1.26. The van der Waals surface area contributed by atoms with Crippen LogP contribution in [0.5, 0.6) is 0 Å². The van der Waals surface area contributed by atoms with Crippen molar-refractivity contribution in [1.29, 1.82) is 0 Å². The minimum Gasteiger partial charge on any atom is -0.456 e. The van der Waals surface area contributed by atoms with Crippen molar-refractivity contribution in [3.05, 3.63) is 85.8 Å². The van der Waals surface area contributed by atoms with Gasteiger partial charge < -0.3 is 14.7 Å². The third kappa shape index (κ3) is 6.01. The molecule has 0 spiro atoms. The van der Waals surface area contributed by atoms with Gasteiger partial charge in [-0.15, -0.1) is 11.8 Å². The van der Waals surface area contributed by atoms with Crippen LogP contribution in [0.2, 0.25) is 0 Å². The van der Waals surface area contributed by atoms with E-state index in [1.165, 1.54) is 34.4 Å². The molecule has 2 aromatic rings. The summed E-state index contributed by atoms with van der Waals surface area (Å²) in [5, 5.41) is 21.3. The van der Waals surface area contributed by atoms with Gasteiger partial charge in [0.1, 0.15) is 12.0 Å². The predicted octanol–water partition coefficient (Wildman–Crippen LogP) is 4.16. The smallest absolute Gasteiger partial charge is 0.357 e. The van der Waals surface area contributed by atoms with E-state index >= 15 is 0 Å². The highest BCUT2D eigenvalue weighted by Crippen LogP contribution is 2.55. The number of nitro groups is 1. The molecule has 4 atom stereocenters. The topological polar surface area (TPSA) is 113 Å². The molecule has 1 amide bonds. The zero-order chi connectivity index (χ0) is 27.5. The van der Waals surface area contributed by atoms with Crippen LogP contribution in [-0.4, -0.2) is 68.1 Å². The number of hydrogen-bond acceptors (Lipinski definition) is 9. The van der Waals surface area contributed by atoms with Crippen LogP contribution in [0.1, 0.15) is 30.9 Å². The molecule has 0 saturated carbocycles. The maximum Gasteiger partial charge on any atom is 0.357 e. The number of likely N-dealkylation sites (tertiary alicyclic amines) is 1. The van der Waals surface area contributed by atoms with Crippen LogP contribution in [0.3, 0.4) is 0 Å². The molecule has 39 heavy (non-hydrogen) atoms. The van der Waals surface area contributed by atoms with Gasteiger partial charge in [0, 0.05) is 30.5 Å². The average Bonchev–Trinajstić information content (AvgIpc) is 3.53. The van der Waals surface area contributed by atoms with E-state index in [2.05, 4.69) is 29.2 Å². The Labute approximate surface area is 235 Å². The van der Waals surface area contributed by atoms with Crippen LogP contribution in [0.4, 0.5) is 5.69 Å². The highest BCUT2D eigenvalue weighted by atomic mass is 32.2. The molecule has 0 bridgehead atoms. The Bertz CT molecular complexity index is 1260. The van der Waals surface area contributed by atoms with Gasteiger partial charge in [-0.1, -0.05) is 49.0 Å². The number of carbonyl (C=O) groups is 2. The number of rotatable bonds is 11. The zero-order valence-electron chi connectivity index (χ0n) is 21.6. The van der Waals surface area contributed by atoms with Crippen molar-refractivity contribution in [3.63, 3.8) is 0 Å². The molecular formula is C28H31N3O6S2. The quantitative estimate of drug-likeness (QED) is 0.184. The minimum absolute atomic E-state index is 0.0393. The fraction of sp³-hybridized carbons (Fsp3) is 0.429. The number of nitrogens with zero attached hydrogens (tertiary/aromatic N) is 3. The maximum absolute atomic E-state index is 13.3. The molecule has 0 radical (unpaired) electrons.